The number of aliphatic carboxylic acids is 1. The van der Waals surface area contributed by atoms with Crippen LogP contribution in [0.25, 0.3) is 0 Å². The zero-order chi connectivity index (χ0) is 10.6. The molecule has 0 saturated carbocycles. The maximum Gasteiger partial charge on any atom is 0.358 e. The van der Waals surface area contributed by atoms with Gasteiger partial charge in [0.05, 0.1) is 0 Å². The summed E-state index contributed by atoms with van der Waals surface area (Å²) in [6, 6.07) is 0.738. The quantitative estimate of drug-likeness (QED) is 0.750. The van der Waals surface area contributed by atoms with Gasteiger partial charge in [0, 0.05) is 24.7 Å². The first kappa shape index (κ1) is 10.3. The molecule has 2 amide bonds. The van der Waals surface area contributed by atoms with Crippen LogP contribution >= 0.6 is 0 Å². The number of carbonyl (C=O) groups is 2. The first-order chi connectivity index (χ1) is 6.61. The summed E-state index contributed by atoms with van der Waals surface area (Å²) in [5.41, 5.74) is 0. The monoisotopic (exact) mass is 214 g/mol. The van der Waals surface area contributed by atoms with E-state index in [0.29, 0.717) is 0 Å². The molecule has 1 aromatic rings. The molecule has 0 atom stereocenters. The van der Waals surface area contributed by atoms with Crippen molar-refractivity contribution < 1.29 is 14.7 Å². The van der Waals surface area contributed by atoms with Crippen LogP contribution in [-0.4, -0.2) is 26.9 Å². The topological polar surface area (TPSA) is 96.6 Å². The van der Waals surface area contributed by atoms with E-state index in [1.807, 2.05) is 0 Å². The molecule has 0 aromatic carbocycles. The Kier molecular flexibility index (Phi) is 3.24. The van der Waals surface area contributed by atoms with Crippen molar-refractivity contribution in [2.45, 2.75) is 6.54 Å². The SMILES string of the molecule is O=C(O)Cn1ccc(NC(=O)N=S)n1. The molecule has 0 aliphatic heterocycles. The standard InChI is InChI=1S/C6H6N4O3S/c11-5(12)3-10-2-1-4(8-10)7-6(13)9-14/h1-2H,3H2,(H,11,12)(H,7,8,13). The zero-order valence-electron chi connectivity index (χ0n) is 6.88. The number of carboxylic acid groups (broad SMARTS) is 1. The van der Waals surface area contributed by atoms with Gasteiger partial charge in [0.25, 0.3) is 0 Å². The van der Waals surface area contributed by atoms with Crippen molar-refractivity contribution in [2.75, 3.05) is 5.32 Å². The molecule has 1 aromatic heterocycles. The predicted molar refractivity (Wildman–Crippen MR) is 48.7 cm³/mol. The highest BCUT2D eigenvalue weighted by Gasteiger charge is 2.04. The molecule has 0 aliphatic carbocycles. The van der Waals surface area contributed by atoms with Crippen LogP contribution < -0.4 is 5.32 Å². The summed E-state index contributed by atoms with van der Waals surface area (Å²) in [7, 11) is 0. The van der Waals surface area contributed by atoms with Crippen molar-refractivity contribution in [3.8, 4) is 0 Å². The number of nitrogens with zero attached hydrogens (tertiary/aromatic N) is 3. The van der Waals surface area contributed by atoms with Crippen LogP contribution in [0.4, 0.5) is 10.6 Å². The maximum atomic E-state index is 10.7. The number of hydrogen-bond donors (Lipinski definition) is 2. The van der Waals surface area contributed by atoms with Crippen molar-refractivity contribution in [3.63, 3.8) is 0 Å². The van der Waals surface area contributed by atoms with Gasteiger partial charge in [-0.2, -0.15) is 5.10 Å². The molecule has 8 heteroatoms. The molecule has 1 heterocycles. The fourth-order valence-corrected chi connectivity index (χ4v) is 0.833. The molecule has 2 N–H and O–H groups in total. The molecular weight excluding hydrogens is 208 g/mol. The molecule has 0 bridgehead atoms. The maximum absolute atomic E-state index is 10.7. The van der Waals surface area contributed by atoms with E-state index >= 15 is 0 Å². The van der Waals surface area contributed by atoms with Gasteiger partial charge in [-0.25, -0.2) is 4.79 Å². The van der Waals surface area contributed by atoms with Gasteiger partial charge in [0.15, 0.2) is 5.82 Å². The summed E-state index contributed by atoms with van der Waals surface area (Å²) in [6.45, 7) is -0.263. The Morgan fingerprint density at radius 3 is 3.00 bits per heavy atom. The molecule has 14 heavy (non-hydrogen) atoms. The molecule has 0 fully saturated rings. The molecule has 74 valence electrons. The van der Waals surface area contributed by atoms with Gasteiger partial charge in [0.2, 0.25) is 0 Å². The first-order valence-electron chi connectivity index (χ1n) is 3.51. The largest absolute Gasteiger partial charge is 0.480 e. The average Bonchev–Trinajstić information content (AvgIpc) is 2.51. The van der Waals surface area contributed by atoms with Crippen LogP contribution in [0.5, 0.6) is 0 Å². The third kappa shape index (κ3) is 2.90. The molecule has 0 radical (unpaired) electrons. The van der Waals surface area contributed by atoms with E-state index in [1.54, 1.807) is 0 Å². The van der Waals surface area contributed by atoms with E-state index < -0.39 is 12.0 Å². The highest BCUT2D eigenvalue weighted by molar-refractivity contribution is 7.47. The minimum Gasteiger partial charge on any atom is -0.480 e. The van der Waals surface area contributed by atoms with Crippen LogP contribution in [0.2, 0.25) is 0 Å². The van der Waals surface area contributed by atoms with Gasteiger partial charge in [-0.1, -0.05) is 0 Å². The van der Waals surface area contributed by atoms with Gasteiger partial charge in [-0.15, -0.1) is 4.36 Å². The lowest BCUT2D eigenvalue weighted by atomic mass is 10.6. The fraction of sp³-hybridized carbons (Fsp3) is 0.167. The van der Waals surface area contributed by atoms with Crippen molar-refractivity contribution in [3.05, 3.63) is 12.3 Å². The van der Waals surface area contributed by atoms with Crippen molar-refractivity contribution in [2.24, 2.45) is 4.36 Å². The minimum absolute atomic E-state index is 0.213. The van der Waals surface area contributed by atoms with Gasteiger partial charge in [-0.3, -0.25) is 14.8 Å². The number of aromatic nitrogens is 2. The average molecular weight is 214 g/mol. The van der Waals surface area contributed by atoms with Crippen LogP contribution in [0.15, 0.2) is 16.6 Å². The second kappa shape index (κ2) is 4.42. The van der Waals surface area contributed by atoms with E-state index in [9.17, 15) is 9.59 Å². The van der Waals surface area contributed by atoms with Gasteiger partial charge in [0.1, 0.15) is 6.54 Å². The molecule has 1 rings (SSSR count). The Bertz CT molecular complexity index is 375. The van der Waals surface area contributed by atoms with E-state index in [2.05, 4.69) is 27.2 Å². The Balaban J connectivity index is 2.63. The lowest BCUT2D eigenvalue weighted by Gasteiger charge is -1.95. The number of amides is 2. The number of hydrogen-bond acceptors (Lipinski definition) is 4. The summed E-state index contributed by atoms with van der Waals surface area (Å²) >= 11 is 4.13. The number of rotatable bonds is 3. The molecule has 0 spiro atoms. The highest BCUT2D eigenvalue weighted by atomic mass is 32.1. The van der Waals surface area contributed by atoms with Crippen LogP contribution in [0.1, 0.15) is 0 Å². The number of carbonyl (C=O) groups excluding carboxylic acids is 1. The van der Waals surface area contributed by atoms with E-state index in [1.165, 1.54) is 16.9 Å². The first-order valence-corrected chi connectivity index (χ1v) is 3.88. The Hall–Kier alpha value is -1.83. The summed E-state index contributed by atoms with van der Waals surface area (Å²) in [6.07, 6.45) is 1.42. The van der Waals surface area contributed by atoms with Gasteiger partial charge < -0.3 is 5.11 Å². The third-order valence-corrected chi connectivity index (χ3v) is 1.42. The highest BCUT2D eigenvalue weighted by Crippen LogP contribution is 2.02. The number of nitrogens with one attached hydrogen (secondary N) is 1. The Morgan fingerprint density at radius 1 is 1.71 bits per heavy atom. The zero-order valence-corrected chi connectivity index (χ0v) is 7.69. The third-order valence-electron chi connectivity index (χ3n) is 1.26. The lowest BCUT2D eigenvalue weighted by Crippen LogP contribution is -2.10. The van der Waals surface area contributed by atoms with E-state index in [-0.39, 0.29) is 12.4 Å². The normalized spacial score (nSPS) is 9.43. The molecule has 0 aliphatic rings. The Labute approximate surface area is 83.9 Å². The minimum atomic E-state index is -1.01. The van der Waals surface area contributed by atoms with Crippen LogP contribution in [0, 0.1) is 0 Å². The number of carboxylic acids is 1. The van der Waals surface area contributed by atoms with Crippen molar-refractivity contribution in [1.82, 2.24) is 9.78 Å². The van der Waals surface area contributed by atoms with Crippen molar-refractivity contribution >= 4 is 30.2 Å². The predicted octanol–water partition coefficient (Wildman–Crippen LogP) is 0.230. The molecule has 0 saturated heterocycles. The van der Waals surface area contributed by atoms with E-state index in [0.717, 1.165) is 0 Å². The summed E-state index contributed by atoms with van der Waals surface area (Å²) in [5, 5.41) is 14.4. The summed E-state index contributed by atoms with van der Waals surface area (Å²) < 4.78 is 4.09. The summed E-state index contributed by atoms with van der Waals surface area (Å²) in [4.78, 5) is 20.9. The molecule has 0 unspecified atom stereocenters. The van der Waals surface area contributed by atoms with E-state index in [4.69, 9.17) is 5.11 Å². The number of anilines is 1. The van der Waals surface area contributed by atoms with Crippen LogP contribution in [-0.2, 0) is 23.8 Å². The van der Waals surface area contributed by atoms with Gasteiger partial charge >= 0.3 is 12.0 Å². The van der Waals surface area contributed by atoms with Gasteiger partial charge in [-0.05, 0) is 0 Å². The fourth-order valence-electron chi connectivity index (χ4n) is 0.787. The lowest BCUT2D eigenvalue weighted by molar-refractivity contribution is -0.137. The smallest absolute Gasteiger partial charge is 0.358 e. The number of urea groups is 1. The summed E-state index contributed by atoms with van der Waals surface area (Å²) in [5.74, 6) is -0.802. The van der Waals surface area contributed by atoms with Crippen LogP contribution in [0.3, 0.4) is 0 Å². The molecular formula is C6H6N4O3S. The van der Waals surface area contributed by atoms with Crippen molar-refractivity contribution in [1.29, 1.82) is 0 Å². The second-order valence-electron chi connectivity index (χ2n) is 2.31. The second-order valence-corrected chi connectivity index (χ2v) is 2.50. The Morgan fingerprint density at radius 2 is 2.43 bits per heavy atom. The molecule has 7 nitrogen and oxygen atoms in total.